The third-order valence-corrected chi connectivity index (χ3v) is 4.28. The summed E-state index contributed by atoms with van der Waals surface area (Å²) in [5.74, 6) is 0. The Bertz CT molecular complexity index is 521. The zero-order chi connectivity index (χ0) is 32.6. The molecule has 240 valence electrons. The molecule has 0 aliphatic carbocycles. The first-order valence-corrected chi connectivity index (χ1v) is 10.9. The first-order valence-electron chi connectivity index (χ1n) is 10.9. The summed E-state index contributed by atoms with van der Waals surface area (Å²) >= 11 is 0. The predicted molar refractivity (Wildman–Crippen MR) is 125 cm³/mol. The minimum Gasteiger partial charge on any atom is -0.394 e. The molecule has 0 aromatic heterocycles. The molecule has 0 aromatic carbocycles. The van der Waals surface area contributed by atoms with Crippen LogP contribution in [0.1, 0.15) is 0 Å². The maximum atomic E-state index is 9.76. The number of aliphatic hydroxyl groups excluding tert-OH is 16. The molecule has 0 amide bonds. The van der Waals surface area contributed by atoms with Crippen LogP contribution in [0.2, 0.25) is 0 Å². The Kier molecular flexibility index (Phi) is 30.7. The summed E-state index contributed by atoms with van der Waals surface area (Å²) in [6.45, 7) is -2.75. The van der Waals surface area contributed by atoms with Gasteiger partial charge in [0.25, 0.3) is 0 Å². The Balaban J connectivity index is -0.000000216. The minimum absolute atomic E-state index is 0.0869. The van der Waals surface area contributed by atoms with E-state index in [-0.39, 0.29) is 25.1 Å². The molecule has 20 heteroatoms. The third-order valence-electron chi connectivity index (χ3n) is 4.28. The van der Waals surface area contributed by atoms with Crippen LogP contribution in [0.3, 0.4) is 0 Å². The van der Waals surface area contributed by atoms with E-state index in [0.717, 1.165) is 0 Å². The van der Waals surface area contributed by atoms with Crippen LogP contribution in [-0.4, -0.2) is 207 Å². The summed E-state index contributed by atoms with van der Waals surface area (Å²) < 4.78 is 0. The molecule has 0 saturated carbocycles. The van der Waals surface area contributed by atoms with E-state index in [4.69, 9.17) is 81.7 Å². The molecule has 12 atom stereocenters. The monoisotopic (exact) mass is 600 g/mol. The highest BCUT2D eigenvalue weighted by Gasteiger charge is 2.25. The van der Waals surface area contributed by atoms with Crippen molar-refractivity contribution in [2.45, 2.75) is 73.2 Å². The van der Waals surface area contributed by atoms with Crippen molar-refractivity contribution in [1.29, 1.82) is 0 Å². The largest absolute Gasteiger partial charge is 0.394 e. The van der Waals surface area contributed by atoms with Crippen LogP contribution in [0, 0.1) is 0 Å². The van der Waals surface area contributed by atoms with Gasteiger partial charge in [-0.3, -0.25) is 0 Å². The number of carbonyl (C=O) groups excluding carboxylic acids is 4. The van der Waals surface area contributed by atoms with Crippen molar-refractivity contribution in [3.63, 3.8) is 0 Å². The van der Waals surface area contributed by atoms with Crippen molar-refractivity contribution < 1.29 is 101 Å². The van der Waals surface area contributed by atoms with Crippen LogP contribution in [-0.2, 0) is 19.2 Å². The first kappa shape index (κ1) is 45.0. The van der Waals surface area contributed by atoms with Gasteiger partial charge in [-0.05, 0) is 0 Å². The van der Waals surface area contributed by atoms with Gasteiger partial charge < -0.3 is 101 Å². The van der Waals surface area contributed by atoms with E-state index in [1.165, 1.54) is 0 Å². The molecule has 0 rings (SSSR count). The van der Waals surface area contributed by atoms with Gasteiger partial charge in [0.2, 0.25) is 0 Å². The van der Waals surface area contributed by atoms with Crippen molar-refractivity contribution in [2.24, 2.45) is 0 Å². The van der Waals surface area contributed by atoms with Gasteiger partial charge >= 0.3 is 0 Å². The lowest BCUT2D eigenvalue weighted by Crippen LogP contribution is -2.40. The topological polar surface area (TPSA) is 392 Å². The lowest BCUT2D eigenvalue weighted by molar-refractivity contribution is -0.128. The van der Waals surface area contributed by atoms with Gasteiger partial charge in [0.05, 0.1) is 26.4 Å². The van der Waals surface area contributed by atoms with E-state index < -0.39 is 99.7 Å². The molecule has 0 saturated heterocycles. The number of hydrogen-bond donors (Lipinski definition) is 16. The molecule has 20 nitrogen and oxygen atoms in total. The standard InChI is InChI=1S/4C5H10O5/c4*6-1-3(8)5(10)4(9)2-7/h4*1,3-5,7-10H,2H2/t3-,4+,5+;3-,4+,5-;3-,4-,5+;/m101./s1. The highest BCUT2D eigenvalue weighted by molar-refractivity contribution is 5.57. The summed E-state index contributed by atoms with van der Waals surface area (Å²) in [4.78, 5) is 39.1. The van der Waals surface area contributed by atoms with Crippen molar-refractivity contribution in [1.82, 2.24) is 0 Å². The number of carbonyl (C=O) groups is 4. The summed E-state index contributed by atoms with van der Waals surface area (Å²) in [6, 6.07) is 0. The summed E-state index contributed by atoms with van der Waals surface area (Å²) in [5, 5.41) is 136. The van der Waals surface area contributed by atoms with Crippen LogP contribution < -0.4 is 0 Å². The average Bonchev–Trinajstić information content (AvgIpc) is 3.00. The van der Waals surface area contributed by atoms with Crippen molar-refractivity contribution >= 4 is 25.1 Å². The van der Waals surface area contributed by atoms with E-state index in [9.17, 15) is 19.2 Å². The van der Waals surface area contributed by atoms with Crippen LogP contribution in [0.5, 0.6) is 0 Å². The van der Waals surface area contributed by atoms with E-state index >= 15 is 0 Å². The molecule has 0 aliphatic rings. The number of aliphatic hydroxyl groups is 16. The Morgan fingerprint density at radius 3 is 0.525 bits per heavy atom. The number of rotatable bonds is 16. The van der Waals surface area contributed by atoms with Crippen molar-refractivity contribution in [3.05, 3.63) is 0 Å². The van der Waals surface area contributed by atoms with Gasteiger partial charge in [0, 0.05) is 0 Å². The molecular weight excluding hydrogens is 560 g/mol. The van der Waals surface area contributed by atoms with Gasteiger partial charge in [0.15, 0.2) is 25.1 Å². The molecule has 0 aromatic rings. The van der Waals surface area contributed by atoms with Crippen molar-refractivity contribution in [3.8, 4) is 0 Å². The van der Waals surface area contributed by atoms with Crippen LogP contribution in [0.4, 0.5) is 0 Å². The fraction of sp³-hybridized carbons (Fsp3) is 0.800. The average molecular weight is 601 g/mol. The Labute approximate surface area is 226 Å². The molecule has 0 fully saturated rings. The maximum Gasteiger partial charge on any atom is 0.151 e. The molecular formula is C20H40O20. The zero-order valence-corrected chi connectivity index (χ0v) is 20.9. The molecule has 0 aliphatic heterocycles. The molecule has 0 heterocycles. The van der Waals surface area contributed by atoms with Gasteiger partial charge in [0.1, 0.15) is 73.2 Å². The highest BCUT2D eigenvalue weighted by atomic mass is 16.4. The van der Waals surface area contributed by atoms with Gasteiger partial charge in [-0.15, -0.1) is 0 Å². The first-order chi connectivity index (χ1) is 18.5. The lowest BCUT2D eigenvalue weighted by atomic mass is 10.1. The molecule has 3 unspecified atom stereocenters. The SMILES string of the molecule is O=CC(O)C(O)C(O)CO.O=C[C@@H](O)[C@H](O)[C@@H](O)CO.O=C[C@@H](O)[C@H](O)[C@H](O)CO.O=C[C@H](O)[C@H](O)[C@H](O)CO. The van der Waals surface area contributed by atoms with Gasteiger partial charge in [-0.25, -0.2) is 0 Å². The van der Waals surface area contributed by atoms with Crippen LogP contribution in [0.15, 0.2) is 0 Å². The Morgan fingerprint density at radius 1 is 0.325 bits per heavy atom. The summed E-state index contributed by atoms with van der Waals surface area (Å²) in [5.41, 5.74) is 0. The van der Waals surface area contributed by atoms with Gasteiger partial charge in [-0.2, -0.15) is 0 Å². The van der Waals surface area contributed by atoms with Crippen molar-refractivity contribution in [2.75, 3.05) is 26.4 Å². The number of hydrogen-bond acceptors (Lipinski definition) is 20. The third kappa shape index (κ3) is 20.9. The Hall–Kier alpha value is -1.96. The van der Waals surface area contributed by atoms with E-state index in [1.54, 1.807) is 0 Å². The minimum atomic E-state index is -1.64. The second-order valence-corrected chi connectivity index (χ2v) is 7.47. The maximum absolute atomic E-state index is 9.76. The second kappa shape index (κ2) is 27.2. The second-order valence-electron chi connectivity index (χ2n) is 7.47. The summed E-state index contributed by atoms with van der Waals surface area (Å²) in [6.07, 6.45) is -18.5. The molecule has 40 heavy (non-hydrogen) atoms. The van der Waals surface area contributed by atoms with E-state index in [1.807, 2.05) is 0 Å². The fourth-order valence-electron chi connectivity index (χ4n) is 1.66. The molecule has 16 N–H and O–H groups in total. The highest BCUT2D eigenvalue weighted by Crippen LogP contribution is 1.98. The Morgan fingerprint density at radius 2 is 0.450 bits per heavy atom. The molecule has 0 spiro atoms. The molecule has 0 bridgehead atoms. The van der Waals surface area contributed by atoms with Gasteiger partial charge in [-0.1, -0.05) is 0 Å². The number of aldehydes is 4. The van der Waals surface area contributed by atoms with E-state index in [0.29, 0.717) is 0 Å². The summed E-state index contributed by atoms with van der Waals surface area (Å²) in [7, 11) is 0. The molecule has 0 radical (unpaired) electrons. The fourth-order valence-corrected chi connectivity index (χ4v) is 1.66. The quantitative estimate of drug-likeness (QED) is 0.0730. The van der Waals surface area contributed by atoms with Crippen LogP contribution in [0.25, 0.3) is 0 Å². The van der Waals surface area contributed by atoms with Crippen LogP contribution >= 0.6 is 0 Å². The predicted octanol–water partition coefficient (Wildman–Crippen LogP) is -11.0. The normalized spacial score (nSPS) is 19.6. The smallest absolute Gasteiger partial charge is 0.151 e. The van der Waals surface area contributed by atoms with E-state index in [2.05, 4.69) is 0 Å². The zero-order valence-electron chi connectivity index (χ0n) is 20.9. The lowest BCUT2D eigenvalue weighted by Gasteiger charge is -2.16.